The molecule has 0 spiro atoms. The van der Waals surface area contributed by atoms with Crippen LogP contribution in [0.5, 0.6) is 0 Å². The largest absolute Gasteiger partial charge is 0.481 e. The predicted molar refractivity (Wildman–Crippen MR) is 42.1 cm³/mol. The van der Waals surface area contributed by atoms with Crippen LogP contribution >= 0.6 is 0 Å². The summed E-state index contributed by atoms with van der Waals surface area (Å²) >= 11 is 0. The molecule has 0 saturated carbocycles. The van der Waals surface area contributed by atoms with Gasteiger partial charge in [-0.25, -0.2) is 0 Å². The molecule has 0 aromatic rings. The summed E-state index contributed by atoms with van der Waals surface area (Å²) in [5.74, 6) is -1.14. The van der Waals surface area contributed by atoms with Gasteiger partial charge < -0.3 is 25.2 Å². The maximum Gasteiger partial charge on any atom is 0.306 e. The summed E-state index contributed by atoms with van der Waals surface area (Å²) < 4.78 is 4.64. The lowest BCUT2D eigenvalue weighted by atomic mass is 10.1. The summed E-state index contributed by atoms with van der Waals surface area (Å²) in [4.78, 5) is 10.2. The molecule has 0 heterocycles. The van der Waals surface area contributed by atoms with Crippen LogP contribution in [0.1, 0.15) is 6.42 Å². The fourth-order valence-corrected chi connectivity index (χ4v) is 0.871. The van der Waals surface area contributed by atoms with Gasteiger partial charge in [-0.3, -0.25) is 4.79 Å². The lowest BCUT2D eigenvalue weighted by molar-refractivity contribution is -0.145. The van der Waals surface area contributed by atoms with E-state index in [0.29, 0.717) is 0 Å². The maximum atomic E-state index is 10.2. The number of methoxy groups -OCH3 is 1. The Labute approximate surface area is 75.4 Å². The van der Waals surface area contributed by atoms with E-state index < -0.39 is 37.3 Å². The van der Waals surface area contributed by atoms with E-state index in [0.717, 1.165) is 0 Å². The van der Waals surface area contributed by atoms with Crippen molar-refractivity contribution in [1.29, 1.82) is 0 Å². The molecule has 13 heavy (non-hydrogen) atoms. The Bertz CT molecular complexity index is 159. The van der Waals surface area contributed by atoms with Crippen molar-refractivity contribution < 1.29 is 30.0 Å². The van der Waals surface area contributed by atoms with Crippen molar-refractivity contribution in [3.63, 3.8) is 0 Å². The maximum absolute atomic E-state index is 10.2. The van der Waals surface area contributed by atoms with Crippen LogP contribution in [0, 0.1) is 0 Å². The molecule has 0 radical (unpaired) electrons. The van der Waals surface area contributed by atoms with Gasteiger partial charge in [0, 0.05) is 7.11 Å². The van der Waals surface area contributed by atoms with Crippen molar-refractivity contribution in [2.45, 2.75) is 24.7 Å². The van der Waals surface area contributed by atoms with E-state index in [1.54, 1.807) is 0 Å². The molecule has 0 saturated heterocycles. The quantitative estimate of drug-likeness (QED) is 0.397. The smallest absolute Gasteiger partial charge is 0.306 e. The zero-order valence-electron chi connectivity index (χ0n) is 7.25. The number of hydrogen-bond acceptors (Lipinski definition) is 5. The highest BCUT2D eigenvalue weighted by Gasteiger charge is 2.27. The molecule has 78 valence electrons. The Morgan fingerprint density at radius 3 is 2.31 bits per heavy atom. The zero-order chi connectivity index (χ0) is 10.4. The van der Waals surface area contributed by atoms with Gasteiger partial charge in [-0.1, -0.05) is 0 Å². The second kappa shape index (κ2) is 5.87. The molecule has 0 fully saturated rings. The standard InChI is InChI=1S/C7H14O6/c1-13-5(2-6(10)11)7(12)4(9)3-8/h4-5,7-9,12H,2-3H2,1H3,(H,10,11)/t4-,5-,7-/m1/s1. The zero-order valence-corrected chi connectivity index (χ0v) is 7.25. The molecule has 0 aliphatic rings. The van der Waals surface area contributed by atoms with Gasteiger partial charge in [0.15, 0.2) is 0 Å². The molecule has 6 heteroatoms. The number of aliphatic carboxylic acids is 1. The number of aliphatic hydroxyl groups is 3. The van der Waals surface area contributed by atoms with E-state index in [1.807, 2.05) is 0 Å². The van der Waals surface area contributed by atoms with Crippen LogP contribution in [-0.2, 0) is 9.53 Å². The van der Waals surface area contributed by atoms with E-state index in [-0.39, 0.29) is 0 Å². The van der Waals surface area contributed by atoms with Crippen LogP contribution in [0.3, 0.4) is 0 Å². The number of carboxylic acid groups (broad SMARTS) is 1. The van der Waals surface area contributed by atoms with Gasteiger partial charge in [0.2, 0.25) is 0 Å². The fraction of sp³-hybridized carbons (Fsp3) is 0.857. The normalized spacial score (nSPS) is 17.8. The van der Waals surface area contributed by atoms with E-state index >= 15 is 0 Å². The number of ether oxygens (including phenoxy) is 1. The van der Waals surface area contributed by atoms with Crippen LogP contribution in [0.2, 0.25) is 0 Å². The summed E-state index contributed by atoms with van der Waals surface area (Å²) in [5, 5.41) is 35.0. The molecular formula is C7H14O6. The minimum atomic E-state index is -1.40. The van der Waals surface area contributed by atoms with Crippen molar-refractivity contribution in [2.24, 2.45) is 0 Å². The van der Waals surface area contributed by atoms with Gasteiger partial charge in [0.1, 0.15) is 12.2 Å². The van der Waals surface area contributed by atoms with Gasteiger partial charge in [0.25, 0.3) is 0 Å². The average molecular weight is 194 g/mol. The Morgan fingerprint density at radius 1 is 1.46 bits per heavy atom. The minimum absolute atomic E-state index is 0.422. The Balaban J connectivity index is 4.13. The molecule has 0 aliphatic carbocycles. The highest BCUT2D eigenvalue weighted by Crippen LogP contribution is 2.07. The lowest BCUT2D eigenvalue weighted by Crippen LogP contribution is -2.41. The Hall–Kier alpha value is -0.690. The van der Waals surface area contributed by atoms with E-state index in [2.05, 4.69) is 4.74 Å². The van der Waals surface area contributed by atoms with Crippen LogP contribution in [0.25, 0.3) is 0 Å². The average Bonchev–Trinajstić information content (AvgIpc) is 2.11. The molecule has 0 unspecified atom stereocenters. The van der Waals surface area contributed by atoms with Gasteiger partial charge in [-0.05, 0) is 0 Å². The molecule has 0 aromatic heterocycles. The third kappa shape index (κ3) is 4.18. The number of carboxylic acids is 1. The van der Waals surface area contributed by atoms with Crippen LogP contribution in [0.15, 0.2) is 0 Å². The van der Waals surface area contributed by atoms with Gasteiger partial charge in [-0.2, -0.15) is 0 Å². The van der Waals surface area contributed by atoms with Crippen LogP contribution in [0.4, 0.5) is 0 Å². The van der Waals surface area contributed by atoms with E-state index in [4.69, 9.17) is 15.3 Å². The first kappa shape index (κ1) is 12.3. The van der Waals surface area contributed by atoms with E-state index in [9.17, 15) is 9.90 Å². The fourth-order valence-electron chi connectivity index (χ4n) is 0.871. The molecule has 3 atom stereocenters. The van der Waals surface area contributed by atoms with Crippen molar-refractivity contribution >= 4 is 5.97 Å². The number of rotatable bonds is 6. The first-order chi connectivity index (χ1) is 6.02. The van der Waals surface area contributed by atoms with Crippen LogP contribution < -0.4 is 0 Å². The Morgan fingerprint density at radius 2 is 2.00 bits per heavy atom. The third-order valence-corrected chi connectivity index (χ3v) is 1.64. The van der Waals surface area contributed by atoms with E-state index in [1.165, 1.54) is 7.11 Å². The summed E-state index contributed by atoms with van der Waals surface area (Å²) in [5.41, 5.74) is 0. The van der Waals surface area contributed by atoms with Gasteiger partial charge in [-0.15, -0.1) is 0 Å². The predicted octanol–water partition coefficient (Wildman–Crippen LogP) is -1.81. The molecule has 0 rings (SSSR count). The summed E-state index contributed by atoms with van der Waals surface area (Å²) in [6, 6.07) is 0. The molecule has 0 bridgehead atoms. The summed E-state index contributed by atoms with van der Waals surface area (Å²) in [7, 11) is 1.22. The first-order valence-electron chi connectivity index (χ1n) is 3.74. The molecule has 6 nitrogen and oxygen atoms in total. The Kier molecular flexibility index (Phi) is 5.56. The van der Waals surface area contributed by atoms with Crippen molar-refractivity contribution in [3.8, 4) is 0 Å². The third-order valence-electron chi connectivity index (χ3n) is 1.64. The second-order valence-electron chi connectivity index (χ2n) is 2.61. The lowest BCUT2D eigenvalue weighted by Gasteiger charge is -2.23. The summed E-state index contributed by atoms with van der Waals surface area (Å²) in [6.45, 7) is -0.638. The molecule has 0 aliphatic heterocycles. The first-order valence-corrected chi connectivity index (χ1v) is 3.74. The van der Waals surface area contributed by atoms with Gasteiger partial charge in [0.05, 0.1) is 19.1 Å². The van der Waals surface area contributed by atoms with Crippen molar-refractivity contribution in [1.82, 2.24) is 0 Å². The minimum Gasteiger partial charge on any atom is -0.481 e. The number of carbonyl (C=O) groups is 1. The molecular weight excluding hydrogens is 180 g/mol. The molecule has 0 aromatic carbocycles. The number of hydrogen-bond donors (Lipinski definition) is 4. The van der Waals surface area contributed by atoms with Crippen molar-refractivity contribution in [2.75, 3.05) is 13.7 Å². The highest BCUT2D eigenvalue weighted by molar-refractivity contribution is 5.67. The molecule has 0 amide bonds. The van der Waals surface area contributed by atoms with Crippen LogP contribution in [-0.4, -0.2) is 58.4 Å². The molecule has 4 N–H and O–H groups in total. The van der Waals surface area contributed by atoms with Crippen molar-refractivity contribution in [3.05, 3.63) is 0 Å². The van der Waals surface area contributed by atoms with Gasteiger partial charge >= 0.3 is 5.97 Å². The topological polar surface area (TPSA) is 107 Å². The summed E-state index contributed by atoms with van der Waals surface area (Å²) in [6.07, 6.45) is -4.22. The number of aliphatic hydroxyl groups excluding tert-OH is 3. The SMILES string of the molecule is CO[C@H](CC(=O)O)[C@H](O)[C@H](O)CO. The second-order valence-corrected chi connectivity index (χ2v) is 2.61. The monoisotopic (exact) mass is 194 g/mol. The highest BCUT2D eigenvalue weighted by atomic mass is 16.5.